The van der Waals surface area contributed by atoms with E-state index in [1.165, 1.54) is 21.5 Å². The Morgan fingerprint density at radius 2 is 2.07 bits per heavy atom. The van der Waals surface area contributed by atoms with Gasteiger partial charge in [-0.15, -0.1) is 5.10 Å². The fraction of sp³-hybridized carbons (Fsp3) is 0.316. The average Bonchev–Trinajstić information content (AvgIpc) is 3.49. The summed E-state index contributed by atoms with van der Waals surface area (Å²) in [4.78, 5) is 12.6. The Balaban J connectivity index is 1.43. The quantitative estimate of drug-likeness (QED) is 0.619. The van der Waals surface area contributed by atoms with Crippen molar-refractivity contribution in [3.8, 4) is 11.6 Å². The van der Waals surface area contributed by atoms with Gasteiger partial charge in [-0.2, -0.15) is 5.10 Å². The SMILES string of the molecule is O=c1ccc(-n2cccn2)nn1C1COCC1NS(=O)(=O)c1ccc2c(c1)CCO2. The number of nitrogens with one attached hydrogen (secondary N) is 1. The molecular formula is C19H19N5O5S. The van der Waals surface area contributed by atoms with Crippen LogP contribution in [-0.4, -0.2) is 53.8 Å². The van der Waals surface area contributed by atoms with Crippen LogP contribution in [0.3, 0.4) is 0 Å². The van der Waals surface area contributed by atoms with Crippen LogP contribution in [0.2, 0.25) is 0 Å². The summed E-state index contributed by atoms with van der Waals surface area (Å²) in [6.07, 6.45) is 3.99. The number of benzene rings is 1. The molecule has 3 aromatic rings. The fourth-order valence-electron chi connectivity index (χ4n) is 3.67. The molecule has 0 spiro atoms. The predicted octanol–water partition coefficient (Wildman–Crippen LogP) is 0.282. The van der Waals surface area contributed by atoms with Crippen molar-refractivity contribution in [3.05, 3.63) is 64.7 Å². The van der Waals surface area contributed by atoms with Gasteiger partial charge in [0.05, 0.1) is 36.8 Å². The maximum Gasteiger partial charge on any atom is 0.267 e. The molecule has 0 radical (unpaired) electrons. The lowest BCUT2D eigenvalue weighted by Gasteiger charge is -2.20. The van der Waals surface area contributed by atoms with Gasteiger partial charge < -0.3 is 9.47 Å². The van der Waals surface area contributed by atoms with E-state index in [0.29, 0.717) is 24.6 Å². The number of rotatable bonds is 5. The highest BCUT2D eigenvalue weighted by Gasteiger charge is 2.35. The van der Waals surface area contributed by atoms with Gasteiger partial charge in [-0.3, -0.25) is 4.79 Å². The molecule has 2 aliphatic heterocycles. The molecule has 2 unspecified atom stereocenters. The Hall–Kier alpha value is -3.02. The summed E-state index contributed by atoms with van der Waals surface area (Å²) in [5.74, 6) is 1.16. The van der Waals surface area contributed by atoms with Crippen molar-refractivity contribution in [3.63, 3.8) is 0 Å². The lowest BCUT2D eigenvalue weighted by atomic mass is 10.2. The highest BCUT2D eigenvalue weighted by atomic mass is 32.2. The van der Waals surface area contributed by atoms with Crippen LogP contribution in [0.1, 0.15) is 11.6 Å². The van der Waals surface area contributed by atoms with Gasteiger partial charge in [-0.25, -0.2) is 22.5 Å². The molecule has 2 aliphatic rings. The number of nitrogens with zero attached hydrogens (tertiary/aromatic N) is 4. The molecule has 156 valence electrons. The number of aromatic nitrogens is 4. The van der Waals surface area contributed by atoms with Crippen LogP contribution in [0.15, 0.2) is 58.5 Å². The average molecular weight is 429 g/mol. The molecule has 1 N–H and O–H groups in total. The molecule has 11 heteroatoms. The summed E-state index contributed by atoms with van der Waals surface area (Å²) in [6, 6.07) is 8.27. The second-order valence-electron chi connectivity index (χ2n) is 7.13. The second-order valence-corrected chi connectivity index (χ2v) is 8.84. The van der Waals surface area contributed by atoms with Gasteiger partial charge in [0, 0.05) is 24.9 Å². The van der Waals surface area contributed by atoms with Gasteiger partial charge in [0.25, 0.3) is 5.56 Å². The molecule has 10 nitrogen and oxygen atoms in total. The van der Waals surface area contributed by atoms with Gasteiger partial charge in [0.15, 0.2) is 5.82 Å². The van der Waals surface area contributed by atoms with Crippen molar-refractivity contribution >= 4 is 10.0 Å². The van der Waals surface area contributed by atoms with Crippen LogP contribution in [0.25, 0.3) is 5.82 Å². The minimum atomic E-state index is -3.82. The Kier molecular flexibility index (Phi) is 4.65. The van der Waals surface area contributed by atoms with Crippen LogP contribution in [-0.2, 0) is 21.2 Å². The zero-order valence-corrected chi connectivity index (χ0v) is 16.7. The molecule has 30 heavy (non-hydrogen) atoms. The fourth-order valence-corrected chi connectivity index (χ4v) is 4.98. The van der Waals surface area contributed by atoms with Gasteiger partial charge in [0.1, 0.15) is 5.75 Å². The maximum absolute atomic E-state index is 13.0. The number of fused-ring (bicyclic) bond motifs is 1. The summed E-state index contributed by atoms with van der Waals surface area (Å²) in [5, 5.41) is 8.49. The monoisotopic (exact) mass is 429 g/mol. The Labute approximate surface area is 172 Å². The van der Waals surface area contributed by atoms with E-state index < -0.39 is 22.1 Å². The third-order valence-electron chi connectivity index (χ3n) is 5.19. The Morgan fingerprint density at radius 3 is 2.90 bits per heavy atom. The lowest BCUT2D eigenvalue weighted by Crippen LogP contribution is -2.44. The highest BCUT2D eigenvalue weighted by Crippen LogP contribution is 2.28. The van der Waals surface area contributed by atoms with Gasteiger partial charge in [-0.05, 0) is 35.9 Å². The Bertz CT molecular complexity index is 1240. The van der Waals surface area contributed by atoms with E-state index in [2.05, 4.69) is 14.9 Å². The predicted molar refractivity (Wildman–Crippen MR) is 105 cm³/mol. The maximum atomic E-state index is 13.0. The van der Waals surface area contributed by atoms with E-state index in [1.54, 1.807) is 36.7 Å². The summed E-state index contributed by atoms with van der Waals surface area (Å²) in [5.41, 5.74) is 0.516. The van der Waals surface area contributed by atoms with Crippen molar-refractivity contribution in [2.75, 3.05) is 19.8 Å². The standard InChI is InChI=1S/C19H19N5O5S/c25-19-5-4-18(23-8-1-7-20-23)21-24(19)16-12-28-11-15(16)22-30(26,27)14-2-3-17-13(10-14)6-9-29-17/h1-5,7-8,10,15-16,22H,6,9,11-12H2. The molecule has 1 saturated heterocycles. The van der Waals surface area contributed by atoms with Gasteiger partial charge >= 0.3 is 0 Å². The van der Waals surface area contributed by atoms with E-state index in [0.717, 1.165) is 5.56 Å². The highest BCUT2D eigenvalue weighted by molar-refractivity contribution is 7.89. The van der Waals surface area contributed by atoms with Crippen LogP contribution >= 0.6 is 0 Å². The second kappa shape index (κ2) is 7.35. The minimum Gasteiger partial charge on any atom is -0.493 e. The first kappa shape index (κ1) is 19.0. The summed E-state index contributed by atoms with van der Waals surface area (Å²) in [6.45, 7) is 0.852. The Morgan fingerprint density at radius 1 is 1.17 bits per heavy atom. The van der Waals surface area contributed by atoms with E-state index in [1.807, 2.05) is 0 Å². The normalized spacial score (nSPS) is 20.8. The number of sulfonamides is 1. The molecule has 2 atom stereocenters. The molecule has 1 fully saturated rings. The molecule has 0 amide bonds. The zero-order chi connectivity index (χ0) is 20.7. The zero-order valence-electron chi connectivity index (χ0n) is 15.8. The summed E-state index contributed by atoms with van der Waals surface area (Å²) in [7, 11) is -3.82. The molecule has 1 aromatic carbocycles. The number of ether oxygens (including phenoxy) is 2. The summed E-state index contributed by atoms with van der Waals surface area (Å²) >= 11 is 0. The van der Waals surface area contributed by atoms with Crippen LogP contribution in [0.5, 0.6) is 5.75 Å². The van der Waals surface area contributed by atoms with Crippen LogP contribution < -0.4 is 15.0 Å². The number of hydrogen-bond donors (Lipinski definition) is 1. The molecule has 0 saturated carbocycles. The van der Waals surface area contributed by atoms with Gasteiger partial charge in [0.2, 0.25) is 10.0 Å². The first-order valence-corrected chi connectivity index (χ1v) is 11.0. The third kappa shape index (κ3) is 3.40. The van der Waals surface area contributed by atoms with E-state index >= 15 is 0 Å². The summed E-state index contributed by atoms with van der Waals surface area (Å²) < 4.78 is 42.3. The van der Waals surface area contributed by atoms with Crippen LogP contribution in [0.4, 0.5) is 0 Å². The third-order valence-corrected chi connectivity index (χ3v) is 6.68. The van der Waals surface area contributed by atoms with E-state index in [9.17, 15) is 13.2 Å². The molecular weight excluding hydrogens is 410 g/mol. The molecule has 5 rings (SSSR count). The van der Waals surface area contributed by atoms with E-state index in [-0.39, 0.29) is 23.7 Å². The lowest BCUT2D eigenvalue weighted by molar-refractivity contribution is 0.181. The van der Waals surface area contributed by atoms with Crippen LogP contribution in [0, 0.1) is 0 Å². The van der Waals surface area contributed by atoms with Crippen molar-refractivity contribution in [1.29, 1.82) is 0 Å². The largest absolute Gasteiger partial charge is 0.493 e. The van der Waals surface area contributed by atoms with Crippen molar-refractivity contribution in [1.82, 2.24) is 24.3 Å². The number of hydrogen-bond acceptors (Lipinski definition) is 7. The molecule has 4 heterocycles. The van der Waals surface area contributed by atoms with E-state index in [4.69, 9.17) is 9.47 Å². The van der Waals surface area contributed by atoms with Crippen molar-refractivity contribution in [2.45, 2.75) is 23.4 Å². The van der Waals surface area contributed by atoms with Gasteiger partial charge in [-0.1, -0.05) is 0 Å². The smallest absolute Gasteiger partial charge is 0.267 e. The topological polar surface area (TPSA) is 117 Å². The minimum absolute atomic E-state index is 0.137. The molecule has 0 bridgehead atoms. The van der Waals surface area contributed by atoms with Crippen molar-refractivity contribution < 1.29 is 17.9 Å². The first-order valence-electron chi connectivity index (χ1n) is 9.47. The molecule has 0 aliphatic carbocycles. The van der Waals surface area contributed by atoms with Crippen molar-refractivity contribution in [2.24, 2.45) is 0 Å². The molecule has 2 aromatic heterocycles. The first-order chi connectivity index (χ1) is 14.5.